The van der Waals surface area contributed by atoms with Crippen molar-refractivity contribution >= 4 is 17.7 Å². The minimum atomic E-state index is -0.747. The predicted molar refractivity (Wildman–Crippen MR) is 95.7 cm³/mol. The fraction of sp³-hybridized carbons (Fsp3) is 0.632. The van der Waals surface area contributed by atoms with Crippen molar-refractivity contribution in [3.8, 4) is 0 Å². The number of carboxylic acids is 1. The summed E-state index contributed by atoms with van der Waals surface area (Å²) in [6, 6.07) is 6.58. The summed E-state index contributed by atoms with van der Waals surface area (Å²) in [7, 11) is 0. The van der Waals surface area contributed by atoms with Gasteiger partial charge in [-0.3, -0.25) is 4.79 Å². The average molecular weight is 323 g/mol. The summed E-state index contributed by atoms with van der Waals surface area (Å²) < 4.78 is 0. The Kier molecular flexibility index (Phi) is 8.02. The maximum Gasteiger partial charge on any atom is 0.316 e. The second-order valence-corrected chi connectivity index (χ2v) is 8.29. The fourth-order valence-corrected chi connectivity index (χ4v) is 3.18. The standard InChI is InChI=1S/C19H30O2S/c1-13(2)6-8-16-9-11-18(22-15(5)19(20)21)17(12-16)10-7-14(3)4/h9,11-15H,6-8,10H2,1-5H3,(H,20,21). The summed E-state index contributed by atoms with van der Waals surface area (Å²) >= 11 is 1.46. The molecule has 0 saturated carbocycles. The molecule has 1 unspecified atom stereocenters. The maximum absolute atomic E-state index is 11.1. The van der Waals surface area contributed by atoms with E-state index in [0.29, 0.717) is 11.8 Å². The van der Waals surface area contributed by atoms with Gasteiger partial charge >= 0.3 is 5.97 Å². The lowest BCUT2D eigenvalue weighted by atomic mass is 9.97. The van der Waals surface area contributed by atoms with E-state index < -0.39 is 11.2 Å². The number of benzene rings is 1. The Morgan fingerprint density at radius 3 is 2.18 bits per heavy atom. The van der Waals surface area contributed by atoms with E-state index in [-0.39, 0.29) is 0 Å². The van der Waals surface area contributed by atoms with E-state index in [0.717, 1.165) is 24.2 Å². The van der Waals surface area contributed by atoms with Gasteiger partial charge in [-0.25, -0.2) is 0 Å². The van der Waals surface area contributed by atoms with Crippen LogP contribution in [0.4, 0.5) is 0 Å². The molecule has 0 heterocycles. The van der Waals surface area contributed by atoms with Crippen molar-refractivity contribution in [2.45, 2.75) is 70.4 Å². The van der Waals surface area contributed by atoms with E-state index in [1.54, 1.807) is 6.92 Å². The average Bonchev–Trinajstić information content (AvgIpc) is 2.44. The van der Waals surface area contributed by atoms with Crippen molar-refractivity contribution in [1.29, 1.82) is 0 Å². The first kappa shape index (κ1) is 19.1. The van der Waals surface area contributed by atoms with Crippen LogP contribution in [0.3, 0.4) is 0 Å². The normalized spacial score (nSPS) is 12.9. The van der Waals surface area contributed by atoms with Crippen molar-refractivity contribution in [3.05, 3.63) is 29.3 Å². The Labute approximate surface area is 139 Å². The molecule has 3 heteroatoms. The van der Waals surface area contributed by atoms with Crippen LogP contribution in [0.1, 0.15) is 58.6 Å². The van der Waals surface area contributed by atoms with E-state index in [1.165, 1.54) is 29.3 Å². The van der Waals surface area contributed by atoms with Gasteiger partial charge in [0.25, 0.3) is 0 Å². The number of carbonyl (C=O) groups is 1. The Balaban J connectivity index is 2.90. The van der Waals surface area contributed by atoms with Gasteiger partial charge < -0.3 is 5.11 Å². The number of rotatable bonds is 9. The molecule has 0 aliphatic heterocycles. The summed E-state index contributed by atoms with van der Waals surface area (Å²) in [4.78, 5) is 12.2. The van der Waals surface area contributed by atoms with Gasteiger partial charge in [0.15, 0.2) is 0 Å². The third-order valence-corrected chi connectivity index (χ3v) is 4.99. The molecule has 0 bridgehead atoms. The first-order valence-corrected chi connectivity index (χ1v) is 9.18. The van der Waals surface area contributed by atoms with Gasteiger partial charge in [-0.05, 0) is 61.6 Å². The largest absolute Gasteiger partial charge is 0.480 e. The Morgan fingerprint density at radius 2 is 1.64 bits per heavy atom. The molecule has 1 atom stereocenters. The minimum Gasteiger partial charge on any atom is -0.480 e. The third kappa shape index (κ3) is 6.87. The molecule has 0 fully saturated rings. The second-order valence-electron chi connectivity index (χ2n) is 6.91. The molecule has 0 saturated heterocycles. The second kappa shape index (κ2) is 9.24. The highest BCUT2D eigenvalue weighted by molar-refractivity contribution is 8.00. The van der Waals surface area contributed by atoms with Gasteiger partial charge in [0.2, 0.25) is 0 Å². The van der Waals surface area contributed by atoms with E-state index in [9.17, 15) is 4.79 Å². The van der Waals surface area contributed by atoms with Crippen LogP contribution in [0.15, 0.2) is 23.1 Å². The molecule has 1 aromatic carbocycles. The number of aliphatic carboxylic acids is 1. The zero-order chi connectivity index (χ0) is 16.7. The Morgan fingerprint density at radius 1 is 1.05 bits per heavy atom. The predicted octanol–water partition coefficient (Wildman–Crippen LogP) is 5.43. The number of hydrogen-bond acceptors (Lipinski definition) is 2. The van der Waals surface area contributed by atoms with Crippen LogP contribution >= 0.6 is 11.8 Å². The summed E-state index contributed by atoms with van der Waals surface area (Å²) in [6.07, 6.45) is 4.47. The van der Waals surface area contributed by atoms with Crippen LogP contribution in [0.25, 0.3) is 0 Å². The highest BCUT2D eigenvalue weighted by Gasteiger charge is 2.15. The van der Waals surface area contributed by atoms with Gasteiger partial charge in [0.05, 0.1) is 0 Å². The van der Waals surface area contributed by atoms with Crippen molar-refractivity contribution < 1.29 is 9.90 Å². The molecule has 1 rings (SSSR count). The van der Waals surface area contributed by atoms with Gasteiger partial charge in [-0.15, -0.1) is 11.8 Å². The van der Waals surface area contributed by atoms with E-state index in [1.807, 2.05) is 0 Å². The topological polar surface area (TPSA) is 37.3 Å². The highest BCUT2D eigenvalue weighted by atomic mass is 32.2. The van der Waals surface area contributed by atoms with Gasteiger partial charge in [0.1, 0.15) is 5.25 Å². The van der Waals surface area contributed by atoms with Crippen LogP contribution in [0, 0.1) is 11.8 Å². The zero-order valence-corrected chi connectivity index (χ0v) is 15.4. The van der Waals surface area contributed by atoms with Crippen molar-refractivity contribution in [3.63, 3.8) is 0 Å². The van der Waals surface area contributed by atoms with Gasteiger partial charge in [-0.2, -0.15) is 0 Å². The number of aryl methyl sites for hydroxylation is 2. The van der Waals surface area contributed by atoms with Crippen molar-refractivity contribution in [2.75, 3.05) is 0 Å². The van der Waals surface area contributed by atoms with E-state index in [2.05, 4.69) is 45.9 Å². The summed E-state index contributed by atoms with van der Waals surface area (Å²) in [5.74, 6) is 0.623. The molecule has 0 amide bonds. The summed E-state index contributed by atoms with van der Waals surface area (Å²) in [5, 5.41) is 8.73. The number of hydrogen-bond donors (Lipinski definition) is 1. The monoisotopic (exact) mass is 322 g/mol. The lowest BCUT2D eigenvalue weighted by molar-refractivity contribution is -0.136. The molecule has 0 radical (unpaired) electrons. The molecular formula is C19H30O2S. The SMILES string of the molecule is CC(C)CCc1ccc(SC(C)C(=O)O)c(CCC(C)C)c1. The first-order chi connectivity index (χ1) is 10.3. The van der Waals surface area contributed by atoms with Crippen LogP contribution in [-0.4, -0.2) is 16.3 Å². The first-order valence-electron chi connectivity index (χ1n) is 8.30. The van der Waals surface area contributed by atoms with E-state index >= 15 is 0 Å². The summed E-state index contributed by atoms with van der Waals surface area (Å²) in [6.45, 7) is 10.7. The molecule has 124 valence electrons. The maximum atomic E-state index is 11.1. The third-order valence-electron chi connectivity index (χ3n) is 3.78. The van der Waals surface area contributed by atoms with Gasteiger partial charge in [0, 0.05) is 4.90 Å². The van der Waals surface area contributed by atoms with Crippen LogP contribution in [-0.2, 0) is 17.6 Å². The molecule has 1 aromatic rings. The fourth-order valence-electron chi connectivity index (χ4n) is 2.24. The highest BCUT2D eigenvalue weighted by Crippen LogP contribution is 2.30. The quantitative estimate of drug-likeness (QED) is 0.616. The molecule has 0 aliphatic rings. The minimum absolute atomic E-state index is 0.403. The molecule has 0 aromatic heterocycles. The Hall–Kier alpha value is -0.960. The summed E-state index contributed by atoms with van der Waals surface area (Å²) in [5.41, 5.74) is 2.69. The molecule has 0 aliphatic carbocycles. The van der Waals surface area contributed by atoms with Crippen LogP contribution < -0.4 is 0 Å². The lowest BCUT2D eigenvalue weighted by Gasteiger charge is -2.15. The van der Waals surface area contributed by atoms with Crippen molar-refractivity contribution in [2.24, 2.45) is 11.8 Å². The molecule has 1 N–H and O–H groups in total. The molecule has 2 nitrogen and oxygen atoms in total. The number of thioether (sulfide) groups is 1. The molecular weight excluding hydrogens is 292 g/mol. The lowest BCUT2D eigenvalue weighted by Crippen LogP contribution is -2.11. The zero-order valence-electron chi connectivity index (χ0n) is 14.6. The van der Waals surface area contributed by atoms with E-state index in [4.69, 9.17) is 5.11 Å². The van der Waals surface area contributed by atoms with Crippen LogP contribution in [0.2, 0.25) is 0 Å². The molecule has 0 spiro atoms. The molecule has 22 heavy (non-hydrogen) atoms. The van der Waals surface area contributed by atoms with Crippen molar-refractivity contribution in [1.82, 2.24) is 0 Å². The Bertz CT molecular complexity index is 480. The smallest absolute Gasteiger partial charge is 0.316 e. The number of carboxylic acid groups (broad SMARTS) is 1. The van der Waals surface area contributed by atoms with Crippen LogP contribution in [0.5, 0.6) is 0 Å². The van der Waals surface area contributed by atoms with Gasteiger partial charge in [-0.1, -0.05) is 39.8 Å².